The number of nitrogens with zero attached hydrogens (tertiary/aromatic N) is 3. The zero-order chi connectivity index (χ0) is 14.5. The van der Waals surface area contributed by atoms with E-state index in [1.54, 1.807) is 19.3 Å². The average Bonchev–Trinajstić information content (AvgIpc) is 2.48. The molecule has 0 radical (unpaired) electrons. The average molecular weight is 274 g/mol. The fourth-order valence-corrected chi connectivity index (χ4v) is 1.97. The fourth-order valence-electron chi connectivity index (χ4n) is 1.97. The Bertz CT molecular complexity index is 598. The minimum Gasteiger partial charge on any atom is -0.368 e. The Morgan fingerprint density at radius 1 is 1.25 bits per heavy atom. The van der Waals surface area contributed by atoms with Crippen LogP contribution in [0.1, 0.15) is 31.5 Å². The molecule has 0 atom stereocenters. The molecule has 0 aromatic carbocycles. The Morgan fingerprint density at radius 3 is 2.75 bits per heavy atom. The Hall–Kier alpha value is -2.04. The van der Waals surface area contributed by atoms with Gasteiger partial charge in [0.05, 0.1) is 5.69 Å². The molecular weight excluding hydrogens is 255 g/mol. The first-order valence-corrected chi connectivity index (χ1v) is 6.88. The highest BCUT2D eigenvalue weighted by molar-refractivity contribution is 5.61. The maximum Gasteiger partial charge on any atom is 0.186 e. The van der Waals surface area contributed by atoms with Crippen LogP contribution in [-0.4, -0.2) is 21.5 Å². The Balaban J connectivity index is 2.49. The van der Waals surface area contributed by atoms with E-state index in [9.17, 15) is 4.39 Å². The van der Waals surface area contributed by atoms with Crippen LogP contribution in [0.15, 0.2) is 18.5 Å². The molecule has 5 heteroatoms. The molecule has 0 spiro atoms. The maximum atomic E-state index is 14.0. The van der Waals surface area contributed by atoms with Gasteiger partial charge in [0.2, 0.25) is 0 Å². The fraction of sp³-hybridized carbons (Fsp3) is 0.400. The number of pyridine rings is 1. The maximum absolute atomic E-state index is 14.0. The van der Waals surface area contributed by atoms with E-state index in [-0.39, 0.29) is 11.6 Å². The monoisotopic (exact) mass is 274 g/mol. The Morgan fingerprint density at radius 2 is 2.05 bits per heavy atom. The Labute approximate surface area is 118 Å². The second kappa shape index (κ2) is 6.41. The molecule has 1 N–H and O–H groups in total. The predicted molar refractivity (Wildman–Crippen MR) is 78.1 cm³/mol. The van der Waals surface area contributed by atoms with Crippen LogP contribution in [0.4, 0.5) is 10.2 Å². The van der Waals surface area contributed by atoms with Crippen molar-refractivity contribution >= 4 is 5.82 Å². The third kappa shape index (κ3) is 2.92. The largest absolute Gasteiger partial charge is 0.368 e. The van der Waals surface area contributed by atoms with Gasteiger partial charge in [-0.05, 0) is 31.4 Å². The summed E-state index contributed by atoms with van der Waals surface area (Å²) in [4.78, 5) is 12.7. The second-order valence-corrected chi connectivity index (χ2v) is 4.61. The number of halogens is 1. The summed E-state index contributed by atoms with van der Waals surface area (Å²) in [6.07, 6.45) is 5.25. The van der Waals surface area contributed by atoms with Crippen LogP contribution in [-0.2, 0) is 6.42 Å². The topological polar surface area (TPSA) is 50.7 Å². The van der Waals surface area contributed by atoms with Gasteiger partial charge in [-0.1, -0.05) is 13.8 Å². The first kappa shape index (κ1) is 14.4. The minimum atomic E-state index is -0.380. The number of anilines is 1. The highest BCUT2D eigenvalue weighted by Gasteiger charge is 2.14. The molecule has 0 fully saturated rings. The standard InChI is InChI=1S/C15H19FN4/c1-4-7-18-15-13(16)10(3)19-14(20-15)12-6-8-17-9-11(12)5-2/h6,8-9H,4-5,7H2,1-3H3,(H,18,19,20). The lowest BCUT2D eigenvalue weighted by Gasteiger charge is -2.11. The van der Waals surface area contributed by atoms with Gasteiger partial charge in [0.1, 0.15) is 0 Å². The van der Waals surface area contributed by atoms with E-state index in [0.717, 1.165) is 24.0 Å². The van der Waals surface area contributed by atoms with Crippen LogP contribution >= 0.6 is 0 Å². The summed E-state index contributed by atoms with van der Waals surface area (Å²) in [6, 6.07) is 1.87. The van der Waals surface area contributed by atoms with Gasteiger partial charge >= 0.3 is 0 Å². The summed E-state index contributed by atoms with van der Waals surface area (Å²) in [5, 5.41) is 3.01. The predicted octanol–water partition coefficient (Wildman–Crippen LogP) is 3.37. The molecular formula is C15H19FN4. The van der Waals surface area contributed by atoms with Crippen molar-refractivity contribution in [3.05, 3.63) is 35.5 Å². The van der Waals surface area contributed by atoms with Crippen LogP contribution in [0.5, 0.6) is 0 Å². The summed E-state index contributed by atoms with van der Waals surface area (Å²) in [7, 11) is 0. The van der Waals surface area contributed by atoms with Crippen molar-refractivity contribution < 1.29 is 4.39 Å². The van der Waals surface area contributed by atoms with Crippen molar-refractivity contribution in [2.24, 2.45) is 0 Å². The molecule has 0 amide bonds. The van der Waals surface area contributed by atoms with Gasteiger partial charge in [0.15, 0.2) is 17.5 Å². The third-order valence-corrected chi connectivity index (χ3v) is 3.08. The van der Waals surface area contributed by atoms with Crippen molar-refractivity contribution in [2.75, 3.05) is 11.9 Å². The van der Waals surface area contributed by atoms with Crippen LogP contribution in [0, 0.1) is 12.7 Å². The molecule has 2 heterocycles. The van der Waals surface area contributed by atoms with E-state index in [1.165, 1.54) is 0 Å². The van der Waals surface area contributed by atoms with Crippen molar-refractivity contribution in [3.8, 4) is 11.4 Å². The molecule has 0 aliphatic carbocycles. The molecule has 0 aliphatic rings. The number of aromatic nitrogens is 3. The summed E-state index contributed by atoms with van der Waals surface area (Å²) in [5.41, 5.74) is 2.32. The lowest BCUT2D eigenvalue weighted by molar-refractivity contribution is 0.605. The molecule has 0 saturated carbocycles. The molecule has 2 aromatic heterocycles. The zero-order valence-corrected chi connectivity index (χ0v) is 12.1. The van der Waals surface area contributed by atoms with Crippen molar-refractivity contribution in [1.82, 2.24) is 15.0 Å². The third-order valence-electron chi connectivity index (χ3n) is 3.08. The van der Waals surface area contributed by atoms with E-state index < -0.39 is 0 Å². The highest BCUT2D eigenvalue weighted by Crippen LogP contribution is 2.23. The summed E-state index contributed by atoms with van der Waals surface area (Å²) < 4.78 is 14.0. The van der Waals surface area contributed by atoms with Gasteiger partial charge in [0, 0.05) is 24.5 Å². The van der Waals surface area contributed by atoms with Crippen molar-refractivity contribution in [2.45, 2.75) is 33.6 Å². The summed E-state index contributed by atoms with van der Waals surface area (Å²) >= 11 is 0. The van der Waals surface area contributed by atoms with Crippen molar-refractivity contribution in [3.63, 3.8) is 0 Å². The number of hydrogen-bond donors (Lipinski definition) is 1. The number of hydrogen-bond acceptors (Lipinski definition) is 4. The number of rotatable bonds is 5. The van der Waals surface area contributed by atoms with E-state index in [1.807, 2.05) is 19.9 Å². The first-order chi connectivity index (χ1) is 9.67. The number of nitrogens with one attached hydrogen (secondary N) is 1. The van der Waals surface area contributed by atoms with E-state index in [4.69, 9.17) is 0 Å². The molecule has 106 valence electrons. The van der Waals surface area contributed by atoms with Gasteiger partial charge in [-0.25, -0.2) is 14.4 Å². The molecule has 2 aromatic rings. The summed E-state index contributed by atoms with van der Waals surface area (Å²) in [5.74, 6) is 0.435. The lowest BCUT2D eigenvalue weighted by Crippen LogP contribution is -2.08. The second-order valence-electron chi connectivity index (χ2n) is 4.61. The van der Waals surface area contributed by atoms with Gasteiger partial charge in [0.25, 0.3) is 0 Å². The van der Waals surface area contributed by atoms with Gasteiger partial charge in [-0.2, -0.15) is 0 Å². The van der Waals surface area contributed by atoms with E-state index in [2.05, 4.69) is 20.3 Å². The SMILES string of the molecule is CCCNc1nc(-c2ccncc2CC)nc(C)c1F. The molecule has 2 rings (SSSR count). The first-order valence-electron chi connectivity index (χ1n) is 6.88. The summed E-state index contributed by atoms with van der Waals surface area (Å²) in [6.45, 7) is 6.42. The molecule has 0 unspecified atom stereocenters. The molecule has 0 saturated heterocycles. The minimum absolute atomic E-state index is 0.271. The Kier molecular flexibility index (Phi) is 4.61. The quantitative estimate of drug-likeness (QED) is 0.908. The molecule has 0 aliphatic heterocycles. The van der Waals surface area contributed by atoms with Crippen LogP contribution in [0.25, 0.3) is 11.4 Å². The van der Waals surface area contributed by atoms with Crippen LogP contribution < -0.4 is 5.32 Å². The number of aryl methyl sites for hydroxylation is 2. The molecule has 0 bridgehead atoms. The smallest absolute Gasteiger partial charge is 0.186 e. The van der Waals surface area contributed by atoms with Crippen molar-refractivity contribution in [1.29, 1.82) is 0 Å². The van der Waals surface area contributed by atoms with E-state index in [0.29, 0.717) is 18.1 Å². The highest BCUT2D eigenvalue weighted by atomic mass is 19.1. The van der Waals surface area contributed by atoms with Crippen LogP contribution in [0.2, 0.25) is 0 Å². The lowest BCUT2D eigenvalue weighted by atomic mass is 10.1. The van der Waals surface area contributed by atoms with Gasteiger partial charge < -0.3 is 5.32 Å². The van der Waals surface area contributed by atoms with Crippen LogP contribution in [0.3, 0.4) is 0 Å². The van der Waals surface area contributed by atoms with E-state index >= 15 is 0 Å². The normalized spacial score (nSPS) is 10.6. The zero-order valence-electron chi connectivity index (χ0n) is 12.1. The van der Waals surface area contributed by atoms with Gasteiger partial charge in [-0.3, -0.25) is 4.98 Å². The molecule has 20 heavy (non-hydrogen) atoms. The molecule has 4 nitrogen and oxygen atoms in total. The van der Waals surface area contributed by atoms with Gasteiger partial charge in [-0.15, -0.1) is 0 Å².